The smallest absolute Gasteiger partial charge is 0.339 e. The fourth-order valence-electron chi connectivity index (χ4n) is 2.43. The quantitative estimate of drug-likeness (QED) is 0.627. The summed E-state index contributed by atoms with van der Waals surface area (Å²) in [6.07, 6.45) is -0.816. The number of benzene rings is 1. The van der Waals surface area contributed by atoms with E-state index >= 15 is 0 Å². The minimum atomic E-state index is -0.816. The van der Waals surface area contributed by atoms with Crippen LogP contribution in [0.2, 0.25) is 10.0 Å². The number of aromatic amines is 1. The molecule has 0 fully saturated rings. The third kappa shape index (κ3) is 3.42. The molecular formula is C17H17Cl2NO4. The van der Waals surface area contributed by atoms with Crippen molar-refractivity contribution < 1.29 is 19.1 Å². The summed E-state index contributed by atoms with van der Waals surface area (Å²) in [5.74, 6) is -0.479. The summed E-state index contributed by atoms with van der Waals surface area (Å²) in [5, 5.41) is 0.585. The highest BCUT2D eigenvalue weighted by molar-refractivity contribution is 6.42. The van der Waals surface area contributed by atoms with E-state index in [1.54, 1.807) is 39.0 Å². The predicted octanol–water partition coefficient (Wildman–Crippen LogP) is 4.38. The van der Waals surface area contributed by atoms with E-state index in [1.807, 2.05) is 0 Å². The molecule has 0 aliphatic rings. The van der Waals surface area contributed by atoms with Gasteiger partial charge < -0.3 is 14.5 Å². The van der Waals surface area contributed by atoms with Crippen molar-refractivity contribution >= 4 is 35.0 Å². The van der Waals surface area contributed by atoms with Crippen LogP contribution >= 0.6 is 23.2 Å². The summed E-state index contributed by atoms with van der Waals surface area (Å²) in [7, 11) is 1.29. The number of hydrogen-bond donors (Lipinski definition) is 1. The molecule has 0 spiro atoms. The van der Waals surface area contributed by atoms with Crippen LogP contribution in [0.4, 0.5) is 0 Å². The molecule has 0 saturated carbocycles. The number of rotatable bonds is 5. The van der Waals surface area contributed by atoms with Gasteiger partial charge in [-0.25, -0.2) is 4.79 Å². The number of aryl methyl sites for hydroxylation is 1. The van der Waals surface area contributed by atoms with Crippen LogP contribution in [0, 0.1) is 13.8 Å². The number of ether oxygens (including phenoxy) is 2. The molecule has 2 rings (SSSR count). The SMILES string of the molecule is COC(=O)c1c(C)[nH]c(C(=O)[C@H](C)Oc2cccc(Cl)c2Cl)c1C. The highest BCUT2D eigenvalue weighted by Gasteiger charge is 2.26. The summed E-state index contributed by atoms with van der Waals surface area (Å²) in [5.41, 5.74) is 1.75. The lowest BCUT2D eigenvalue weighted by atomic mass is 10.1. The zero-order chi connectivity index (χ0) is 18.0. The molecule has 1 aromatic heterocycles. The maximum Gasteiger partial charge on any atom is 0.339 e. The van der Waals surface area contributed by atoms with Crippen molar-refractivity contribution in [3.8, 4) is 5.75 Å². The van der Waals surface area contributed by atoms with Gasteiger partial charge in [-0.2, -0.15) is 0 Å². The van der Waals surface area contributed by atoms with Gasteiger partial charge in [0.25, 0.3) is 0 Å². The Morgan fingerprint density at radius 3 is 2.50 bits per heavy atom. The molecule has 0 aliphatic heterocycles. The zero-order valence-corrected chi connectivity index (χ0v) is 15.2. The third-order valence-corrected chi connectivity index (χ3v) is 4.46. The van der Waals surface area contributed by atoms with Crippen LogP contribution < -0.4 is 4.74 Å². The molecular weight excluding hydrogens is 353 g/mol. The zero-order valence-electron chi connectivity index (χ0n) is 13.7. The lowest BCUT2D eigenvalue weighted by molar-refractivity contribution is 0.0599. The van der Waals surface area contributed by atoms with E-state index < -0.39 is 12.1 Å². The van der Waals surface area contributed by atoms with Gasteiger partial charge in [0.2, 0.25) is 5.78 Å². The van der Waals surface area contributed by atoms with Gasteiger partial charge in [-0.15, -0.1) is 0 Å². The Balaban J connectivity index is 2.29. The Labute approximate surface area is 149 Å². The van der Waals surface area contributed by atoms with Gasteiger partial charge in [0.05, 0.1) is 23.4 Å². The predicted molar refractivity (Wildman–Crippen MR) is 92.5 cm³/mol. The lowest BCUT2D eigenvalue weighted by Gasteiger charge is -2.15. The van der Waals surface area contributed by atoms with E-state index in [2.05, 4.69) is 4.98 Å². The fourth-order valence-corrected chi connectivity index (χ4v) is 2.76. The van der Waals surface area contributed by atoms with Crippen molar-refractivity contribution in [2.75, 3.05) is 7.11 Å². The first-order chi connectivity index (χ1) is 11.3. The number of esters is 1. The molecule has 0 aliphatic carbocycles. The van der Waals surface area contributed by atoms with Crippen LogP contribution in [-0.4, -0.2) is 30.0 Å². The van der Waals surface area contributed by atoms with Gasteiger partial charge in [0.15, 0.2) is 6.10 Å². The molecule has 0 amide bonds. The van der Waals surface area contributed by atoms with Gasteiger partial charge in [-0.1, -0.05) is 29.3 Å². The fraction of sp³-hybridized carbons (Fsp3) is 0.294. The first-order valence-corrected chi connectivity index (χ1v) is 7.95. The average molecular weight is 370 g/mol. The number of Topliss-reactive ketones (excluding diaryl/α,β-unsaturated/α-hetero) is 1. The van der Waals surface area contributed by atoms with Gasteiger partial charge in [0.1, 0.15) is 10.8 Å². The van der Waals surface area contributed by atoms with Crippen LogP contribution in [0.3, 0.4) is 0 Å². The number of hydrogen-bond acceptors (Lipinski definition) is 4. The molecule has 1 N–H and O–H groups in total. The number of nitrogens with one attached hydrogen (secondary N) is 1. The van der Waals surface area contributed by atoms with Crippen molar-refractivity contribution in [1.82, 2.24) is 4.98 Å². The molecule has 24 heavy (non-hydrogen) atoms. The summed E-state index contributed by atoms with van der Waals surface area (Å²) in [6.45, 7) is 4.99. The van der Waals surface area contributed by atoms with Crippen LogP contribution in [-0.2, 0) is 4.74 Å². The Kier molecular flexibility index (Phi) is 5.57. The summed E-state index contributed by atoms with van der Waals surface area (Å²) in [6, 6.07) is 4.94. The van der Waals surface area contributed by atoms with E-state index in [0.717, 1.165) is 0 Å². The lowest BCUT2D eigenvalue weighted by Crippen LogP contribution is -2.25. The second-order valence-corrected chi connectivity index (χ2v) is 6.08. The second-order valence-electron chi connectivity index (χ2n) is 5.29. The Bertz CT molecular complexity index is 798. The number of carbonyl (C=O) groups excluding carboxylic acids is 2. The maximum absolute atomic E-state index is 12.7. The molecule has 5 nitrogen and oxygen atoms in total. The first kappa shape index (κ1) is 18.4. The summed E-state index contributed by atoms with van der Waals surface area (Å²) < 4.78 is 10.4. The third-order valence-electron chi connectivity index (χ3n) is 3.66. The van der Waals surface area contributed by atoms with Crippen LogP contribution in [0.1, 0.15) is 39.0 Å². The molecule has 0 unspecified atom stereocenters. The van der Waals surface area contributed by atoms with E-state index in [4.69, 9.17) is 32.7 Å². The van der Waals surface area contributed by atoms with Crippen molar-refractivity contribution in [2.45, 2.75) is 26.9 Å². The molecule has 128 valence electrons. The van der Waals surface area contributed by atoms with E-state index in [-0.39, 0.29) is 10.8 Å². The second kappa shape index (κ2) is 7.28. The molecule has 1 aromatic carbocycles. The molecule has 1 heterocycles. The summed E-state index contributed by atoms with van der Waals surface area (Å²) in [4.78, 5) is 27.4. The minimum Gasteiger partial charge on any atom is -0.481 e. The standard InChI is InChI=1S/C17H17Cl2NO4/c1-8-13(17(22)23-4)9(2)20-15(8)16(21)10(3)24-12-7-5-6-11(18)14(12)19/h5-7,10,20H,1-4H3/t10-/m0/s1. The number of H-pyrrole nitrogens is 1. The van der Waals surface area contributed by atoms with Gasteiger partial charge in [-0.05, 0) is 38.5 Å². The largest absolute Gasteiger partial charge is 0.481 e. The normalized spacial score (nSPS) is 11.9. The van der Waals surface area contributed by atoms with Crippen LogP contribution in [0.5, 0.6) is 5.75 Å². The first-order valence-electron chi connectivity index (χ1n) is 7.20. The Morgan fingerprint density at radius 2 is 1.88 bits per heavy atom. The highest BCUT2D eigenvalue weighted by Crippen LogP contribution is 2.32. The average Bonchev–Trinajstić information content (AvgIpc) is 2.85. The molecule has 2 aromatic rings. The molecule has 0 saturated heterocycles. The number of methoxy groups -OCH3 is 1. The number of aromatic nitrogens is 1. The van der Waals surface area contributed by atoms with Crippen molar-refractivity contribution in [3.63, 3.8) is 0 Å². The molecule has 0 radical (unpaired) electrons. The van der Waals surface area contributed by atoms with Crippen molar-refractivity contribution in [1.29, 1.82) is 0 Å². The van der Waals surface area contributed by atoms with E-state index in [1.165, 1.54) is 7.11 Å². The topological polar surface area (TPSA) is 68.4 Å². The summed E-state index contributed by atoms with van der Waals surface area (Å²) >= 11 is 12.0. The molecule has 1 atom stereocenters. The van der Waals surface area contributed by atoms with Crippen molar-refractivity contribution in [2.24, 2.45) is 0 Å². The monoisotopic (exact) mass is 369 g/mol. The van der Waals surface area contributed by atoms with Crippen molar-refractivity contribution in [3.05, 3.63) is 50.8 Å². The van der Waals surface area contributed by atoms with Gasteiger partial charge in [-0.3, -0.25) is 4.79 Å². The number of ketones is 1. The van der Waals surface area contributed by atoms with Crippen LogP contribution in [0.15, 0.2) is 18.2 Å². The number of halogens is 2. The van der Waals surface area contributed by atoms with Crippen LogP contribution in [0.25, 0.3) is 0 Å². The number of carbonyl (C=O) groups is 2. The van der Waals surface area contributed by atoms with Gasteiger partial charge in [0, 0.05) is 5.69 Å². The molecule has 0 bridgehead atoms. The van der Waals surface area contributed by atoms with Gasteiger partial charge >= 0.3 is 5.97 Å². The Morgan fingerprint density at radius 1 is 1.21 bits per heavy atom. The van der Waals surface area contributed by atoms with E-state index in [9.17, 15) is 9.59 Å². The Hall–Kier alpha value is -1.98. The molecule has 7 heteroatoms. The van der Waals surface area contributed by atoms with E-state index in [0.29, 0.717) is 33.3 Å². The highest BCUT2D eigenvalue weighted by atomic mass is 35.5. The minimum absolute atomic E-state index is 0.244. The maximum atomic E-state index is 12.7.